The van der Waals surface area contributed by atoms with Crippen molar-refractivity contribution in [3.05, 3.63) is 41.5 Å². The van der Waals surface area contributed by atoms with E-state index in [1.807, 2.05) is 32.0 Å². The Morgan fingerprint density at radius 2 is 1.81 bits per heavy atom. The van der Waals surface area contributed by atoms with E-state index in [-0.39, 0.29) is 5.92 Å². The summed E-state index contributed by atoms with van der Waals surface area (Å²) in [5.41, 5.74) is 0.618. The summed E-state index contributed by atoms with van der Waals surface area (Å²) in [6, 6.07) is 7.31. The average Bonchev–Trinajstić information content (AvgIpc) is 2.26. The van der Waals surface area contributed by atoms with Gasteiger partial charge < -0.3 is 5.11 Å². The third kappa shape index (κ3) is 3.04. The maximum Gasteiger partial charge on any atom is 0.150 e. The van der Waals surface area contributed by atoms with Crippen molar-refractivity contribution in [2.45, 2.75) is 26.4 Å². The third-order valence-corrected chi connectivity index (χ3v) is 2.89. The highest BCUT2D eigenvalue weighted by Crippen LogP contribution is 2.19. The first kappa shape index (κ1) is 12.7. The Labute approximate surface area is 96.6 Å². The van der Waals surface area contributed by atoms with Gasteiger partial charge in [-0.15, -0.1) is 0 Å². The Bertz CT molecular complexity index is 389. The third-order valence-electron chi connectivity index (χ3n) is 2.89. The van der Waals surface area contributed by atoms with Crippen LogP contribution in [0.3, 0.4) is 0 Å². The van der Waals surface area contributed by atoms with Crippen molar-refractivity contribution in [3.8, 4) is 0 Å². The summed E-state index contributed by atoms with van der Waals surface area (Å²) in [6.45, 7) is 5.67. The minimum atomic E-state index is -0.851. The van der Waals surface area contributed by atoms with Gasteiger partial charge in [0.25, 0.3) is 0 Å². The van der Waals surface area contributed by atoms with Crippen LogP contribution in [0.4, 0.5) is 0 Å². The molecule has 1 rings (SSSR count). The van der Waals surface area contributed by atoms with Crippen molar-refractivity contribution in [1.29, 1.82) is 0 Å². The Hall–Kier alpha value is -1.41. The summed E-state index contributed by atoms with van der Waals surface area (Å²) in [4.78, 5) is 10.8. The predicted octanol–water partition coefficient (Wildman–Crippen LogP) is 2.92. The highest BCUT2D eigenvalue weighted by atomic mass is 16.3. The zero-order chi connectivity index (χ0) is 12.2. The van der Waals surface area contributed by atoms with Gasteiger partial charge in [-0.1, -0.05) is 50.3 Å². The van der Waals surface area contributed by atoms with E-state index in [2.05, 4.69) is 0 Å². The van der Waals surface area contributed by atoms with Crippen molar-refractivity contribution >= 4 is 12.4 Å². The number of aldehydes is 1. The molecule has 0 fully saturated rings. The van der Waals surface area contributed by atoms with Crippen LogP contribution in [-0.2, 0) is 0 Å². The van der Waals surface area contributed by atoms with Crippen LogP contribution in [0.1, 0.15) is 36.7 Å². The van der Waals surface area contributed by atoms with Crippen LogP contribution < -0.4 is 0 Å². The Morgan fingerprint density at radius 3 is 2.31 bits per heavy atom. The lowest BCUT2D eigenvalue weighted by Crippen LogP contribution is -2.27. The Kier molecular flexibility index (Phi) is 4.02. The Morgan fingerprint density at radius 1 is 1.25 bits per heavy atom. The summed E-state index contributed by atoms with van der Waals surface area (Å²) in [6.07, 6.45) is 4.35. The van der Waals surface area contributed by atoms with Gasteiger partial charge in [0.05, 0.1) is 5.60 Å². The molecule has 0 spiro atoms. The fourth-order valence-corrected chi connectivity index (χ4v) is 1.22. The molecule has 1 aromatic carbocycles. The molecule has 0 heterocycles. The molecule has 0 radical (unpaired) electrons. The molecule has 0 aromatic heterocycles. The lowest BCUT2D eigenvalue weighted by atomic mass is 9.91. The van der Waals surface area contributed by atoms with Crippen LogP contribution >= 0.6 is 0 Å². The minimum Gasteiger partial charge on any atom is -0.386 e. The first-order valence-corrected chi connectivity index (χ1v) is 5.43. The molecule has 0 saturated carbocycles. The molecule has 0 bridgehead atoms. The molecule has 2 nitrogen and oxygen atoms in total. The van der Waals surface area contributed by atoms with Gasteiger partial charge in [-0.25, -0.2) is 0 Å². The molecular weight excluding hydrogens is 200 g/mol. The fourth-order valence-electron chi connectivity index (χ4n) is 1.22. The van der Waals surface area contributed by atoms with E-state index in [1.54, 1.807) is 25.1 Å². The second-order valence-electron chi connectivity index (χ2n) is 4.46. The fraction of sp³-hybridized carbons (Fsp3) is 0.357. The van der Waals surface area contributed by atoms with Gasteiger partial charge in [0.15, 0.2) is 6.29 Å². The number of benzene rings is 1. The molecule has 16 heavy (non-hydrogen) atoms. The quantitative estimate of drug-likeness (QED) is 0.789. The van der Waals surface area contributed by atoms with Crippen LogP contribution in [0.15, 0.2) is 30.3 Å². The minimum absolute atomic E-state index is 0.132. The van der Waals surface area contributed by atoms with E-state index in [0.29, 0.717) is 5.56 Å². The van der Waals surface area contributed by atoms with Crippen LogP contribution in [-0.4, -0.2) is 17.0 Å². The second kappa shape index (κ2) is 5.08. The zero-order valence-corrected chi connectivity index (χ0v) is 9.97. The van der Waals surface area contributed by atoms with Gasteiger partial charge in [-0.2, -0.15) is 0 Å². The van der Waals surface area contributed by atoms with E-state index < -0.39 is 5.60 Å². The number of carbonyl (C=O) groups excluding carboxylic acids is 1. The monoisotopic (exact) mass is 218 g/mol. The van der Waals surface area contributed by atoms with E-state index in [1.165, 1.54) is 0 Å². The molecule has 2 heteroatoms. The number of carbonyl (C=O) groups is 1. The number of rotatable bonds is 4. The number of hydrogen-bond donors (Lipinski definition) is 1. The molecule has 1 atom stereocenters. The van der Waals surface area contributed by atoms with Gasteiger partial charge >= 0.3 is 0 Å². The topological polar surface area (TPSA) is 37.3 Å². The smallest absolute Gasteiger partial charge is 0.150 e. The summed E-state index contributed by atoms with van der Waals surface area (Å²) in [7, 11) is 0. The van der Waals surface area contributed by atoms with Crippen LogP contribution in [0.5, 0.6) is 0 Å². The Balaban J connectivity index is 2.96. The maximum atomic E-state index is 10.8. The summed E-state index contributed by atoms with van der Waals surface area (Å²) in [5, 5.41) is 10.0. The average molecular weight is 218 g/mol. The molecule has 0 amide bonds. The second-order valence-corrected chi connectivity index (χ2v) is 4.46. The SMILES string of the molecule is CC(C)C(C)(O)C=Cc1ccccc1C=O. The van der Waals surface area contributed by atoms with E-state index in [4.69, 9.17) is 0 Å². The lowest BCUT2D eigenvalue weighted by molar-refractivity contribution is 0.0634. The standard InChI is InChI=1S/C14H18O2/c1-11(2)14(3,16)9-8-12-6-4-5-7-13(12)10-15/h4-11,16H,1-3H3. The highest BCUT2D eigenvalue weighted by molar-refractivity contribution is 5.81. The predicted molar refractivity (Wildman–Crippen MR) is 66.3 cm³/mol. The first-order valence-electron chi connectivity index (χ1n) is 5.43. The van der Waals surface area contributed by atoms with Crippen molar-refractivity contribution < 1.29 is 9.90 Å². The van der Waals surface area contributed by atoms with Crippen LogP contribution in [0.25, 0.3) is 6.08 Å². The first-order chi connectivity index (χ1) is 7.47. The normalized spacial score (nSPS) is 15.3. The van der Waals surface area contributed by atoms with Gasteiger partial charge in [0.2, 0.25) is 0 Å². The van der Waals surface area contributed by atoms with Gasteiger partial charge in [-0.3, -0.25) is 4.79 Å². The van der Waals surface area contributed by atoms with Crippen molar-refractivity contribution in [3.63, 3.8) is 0 Å². The molecular formula is C14H18O2. The molecule has 0 aliphatic heterocycles. The molecule has 0 saturated heterocycles. The number of hydrogen-bond acceptors (Lipinski definition) is 2. The summed E-state index contributed by atoms with van der Waals surface area (Å²) < 4.78 is 0. The van der Waals surface area contributed by atoms with Crippen molar-refractivity contribution in [2.75, 3.05) is 0 Å². The van der Waals surface area contributed by atoms with Crippen LogP contribution in [0, 0.1) is 5.92 Å². The molecule has 0 aliphatic carbocycles. The van der Waals surface area contributed by atoms with Crippen LogP contribution in [0.2, 0.25) is 0 Å². The van der Waals surface area contributed by atoms with E-state index in [0.717, 1.165) is 11.8 Å². The van der Waals surface area contributed by atoms with Gasteiger partial charge in [0.1, 0.15) is 0 Å². The zero-order valence-electron chi connectivity index (χ0n) is 9.97. The maximum absolute atomic E-state index is 10.8. The summed E-state index contributed by atoms with van der Waals surface area (Å²) >= 11 is 0. The molecule has 1 aromatic rings. The van der Waals surface area contributed by atoms with Crippen molar-refractivity contribution in [2.24, 2.45) is 5.92 Å². The van der Waals surface area contributed by atoms with Gasteiger partial charge in [0, 0.05) is 5.56 Å². The molecule has 86 valence electrons. The summed E-state index contributed by atoms with van der Waals surface area (Å²) in [5.74, 6) is 0.132. The highest BCUT2D eigenvalue weighted by Gasteiger charge is 2.20. The number of aliphatic hydroxyl groups is 1. The molecule has 1 N–H and O–H groups in total. The van der Waals surface area contributed by atoms with E-state index in [9.17, 15) is 9.90 Å². The molecule has 1 unspecified atom stereocenters. The largest absolute Gasteiger partial charge is 0.386 e. The van der Waals surface area contributed by atoms with E-state index >= 15 is 0 Å². The lowest BCUT2D eigenvalue weighted by Gasteiger charge is -2.23. The molecule has 0 aliphatic rings. The van der Waals surface area contributed by atoms with Gasteiger partial charge in [-0.05, 0) is 18.4 Å². The van der Waals surface area contributed by atoms with Crippen molar-refractivity contribution in [1.82, 2.24) is 0 Å².